The van der Waals surface area contributed by atoms with Crippen LogP contribution in [-0.2, 0) is 13.2 Å². The van der Waals surface area contributed by atoms with E-state index in [1.807, 2.05) is 12.1 Å². The Labute approximate surface area is 156 Å². The normalized spacial score (nSPS) is 12.2. The molecule has 4 heteroatoms. The van der Waals surface area contributed by atoms with E-state index < -0.39 is 0 Å². The summed E-state index contributed by atoms with van der Waals surface area (Å²) in [6.07, 6.45) is 1.11. The summed E-state index contributed by atoms with van der Waals surface area (Å²) < 4.78 is 11.4. The van der Waals surface area contributed by atoms with Crippen molar-refractivity contribution < 1.29 is 9.47 Å². The van der Waals surface area contributed by atoms with Gasteiger partial charge in [-0.3, -0.25) is 0 Å². The zero-order valence-corrected chi connectivity index (χ0v) is 17.1. The van der Waals surface area contributed by atoms with E-state index >= 15 is 0 Å². The first-order valence-electron chi connectivity index (χ1n) is 8.76. The van der Waals surface area contributed by atoms with Gasteiger partial charge in [0.2, 0.25) is 0 Å². The molecule has 1 aromatic heterocycles. The van der Waals surface area contributed by atoms with Crippen molar-refractivity contribution in [2.24, 2.45) is 5.41 Å². The van der Waals surface area contributed by atoms with E-state index in [1.165, 1.54) is 10.4 Å². The molecule has 0 unspecified atom stereocenters. The van der Waals surface area contributed by atoms with Crippen LogP contribution in [0.15, 0.2) is 35.7 Å². The lowest BCUT2D eigenvalue weighted by molar-refractivity contribution is 0.240. The fraction of sp³-hybridized carbons (Fsp3) is 0.524. The van der Waals surface area contributed by atoms with Crippen molar-refractivity contribution in [1.82, 2.24) is 5.32 Å². The zero-order valence-electron chi connectivity index (χ0n) is 16.3. The van der Waals surface area contributed by atoms with E-state index in [0.717, 1.165) is 24.5 Å². The first-order chi connectivity index (χ1) is 11.7. The summed E-state index contributed by atoms with van der Waals surface area (Å²) in [6.45, 7) is 12.7. The van der Waals surface area contributed by atoms with Crippen LogP contribution in [0.25, 0.3) is 0 Å². The molecule has 0 spiro atoms. The van der Waals surface area contributed by atoms with E-state index in [-0.39, 0.29) is 5.54 Å². The van der Waals surface area contributed by atoms with Crippen molar-refractivity contribution in [1.29, 1.82) is 0 Å². The molecule has 25 heavy (non-hydrogen) atoms. The van der Waals surface area contributed by atoms with E-state index in [4.69, 9.17) is 9.47 Å². The van der Waals surface area contributed by atoms with E-state index in [0.29, 0.717) is 12.0 Å². The molecule has 0 saturated carbocycles. The van der Waals surface area contributed by atoms with Crippen molar-refractivity contribution in [3.63, 3.8) is 0 Å². The van der Waals surface area contributed by atoms with Gasteiger partial charge in [-0.1, -0.05) is 32.9 Å². The van der Waals surface area contributed by atoms with Crippen molar-refractivity contribution >= 4 is 11.3 Å². The van der Waals surface area contributed by atoms with E-state index in [2.05, 4.69) is 63.5 Å². The highest BCUT2D eigenvalue weighted by atomic mass is 32.1. The van der Waals surface area contributed by atoms with E-state index in [1.54, 1.807) is 18.4 Å². The van der Waals surface area contributed by atoms with Crippen LogP contribution >= 0.6 is 11.3 Å². The maximum absolute atomic E-state index is 5.90. The highest BCUT2D eigenvalue weighted by Crippen LogP contribution is 2.30. The van der Waals surface area contributed by atoms with Gasteiger partial charge >= 0.3 is 0 Å². The fourth-order valence-electron chi connectivity index (χ4n) is 3.21. The predicted molar refractivity (Wildman–Crippen MR) is 107 cm³/mol. The van der Waals surface area contributed by atoms with Gasteiger partial charge in [0.25, 0.3) is 0 Å². The average Bonchev–Trinajstić information content (AvgIpc) is 3.02. The van der Waals surface area contributed by atoms with Crippen LogP contribution in [0.5, 0.6) is 11.5 Å². The maximum atomic E-state index is 5.90. The Morgan fingerprint density at radius 2 is 1.80 bits per heavy atom. The summed E-state index contributed by atoms with van der Waals surface area (Å²) in [6, 6.07) is 10.3. The molecule has 0 amide bonds. The molecule has 0 atom stereocenters. The molecule has 0 fully saturated rings. The van der Waals surface area contributed by atoms with Crippen molar-refractivity contribution in [3.05, 3.63) is 46.2 Å². The third-order valence-electron chi connectivity index (χ3n) is 3.92. The van der Waals surface area contributed by atoms with Gasteiger partial charge in [-0.15, -0.1) is 11.3 Å². The van der Waals surface area contributed by atoms with Crippen LogP contribution < -0.4 is 14.8 Å². The van der Waals surface area contributed by atoms with E-state index in [9.17, 15) is 0 Å². The molecular weight excluding hydrogens is 330 g/mol. The predicted octanol–water partition coefficient (Wildman–Crippen LogP) is 5.64. The van der Waals surface area contributed by atoms with Crippen molar-refractivity contribution in [2.45, 2.75) is 59.7 Å². The minimum absolute atomic E-state index is 0.0832. The Hall–Kier alpha value is -1.52. The third-order valence-corrected chi connectivity index (χ3v) is 4.77. The lowest BCUT2D eigenvalue weighted by Gasteiger charge is -2.33. The van der Waals surface area contributed by atoms with Gasteiger partial charge in [-0.05, 0) is 54.8 Å². The Kier molecular flexibility index (Phi) is 6.53. The molecule has 1 heterocycles. The summed E-state index contributed by atoms with van der Waals surface area (Å²) in [5.41, 5.74) is 1.58. The lowest BCUT2D eigenvalue weighted by atomic mass is 9.82. The molecule has 0 radical (unpaired) electrons. The number of hydrogen-bond donors (Lipinski definition) is 1. The number of benzene rings is 1. The van der Waals surface area contributed by atoms with Gasteiger partial charge < -0.3 is 14.8 Å². The number of ether oxygens (including phenoxy) is 2. The molecule has 0 aliphatic heterocycles. The minimum Gasteiger partial charge on any atom is -0.493 e. The quantitative estimate of drug-likeness (QED) is 0.660. The first kappa shape index (κ1) is 19.8. The van der Waals surface area contributed by atoms with Gasteiger partial charge in [-0.2, -0.15) is 0 Å². The average molecular weight is 362 g/mol. The summed E-state index contributed by atoms with van der Waals surface area (Å²) in [5.74, 6) is 1.57. The molecule has 3 nitrogen and oxygen atoms in total. The van der Waals surface area contributed by atoms with Gasteiger partial charge in [0.1, 0.15) is 6.61 Å². The molecule has 0 aliphatic carbocycles. The summed E-state index contributed by atoms with van der Waals surface area (Å²) in [4.78, 5) is 1.21. The Morgan fingerprint density at radius 1 is 1.04 bits per heavy atom. The second-order valence-electron chi connectivity index (χ2n) is 8.33. The summed E-state index contributed by atoms with van der Waals surface area (Å²) >= 11 is 1.70. The molecule has 0 saturated heterocycles. The lowest BCUT2D eigenvalue weighted by Crippen LogP contribution is -2.41. The Bertz CT molecular complexity index is 657. The third kappa shape index (κ3) is 6.71. The fourth-order valence-corrected chi connectivity index (χ4v) is 3.83. The minimum atomic E-state index is 0.0832. The second kappa shape index (κ2) is 8.24. The molecule has 138 valence electrons. The SMILES string of the molecule is COc1cc(CNC(C)(C)CC(C)(C)C)ccc1OCc1cccs1. The van der Waals surface area contributed by atoms with Gasteiger partial charge in [0.15, 0.2) is 11.5 Å². The Morgan fingerprint density at radius 3 is 2.40 bits per heavy atom. The summed E-state index contributed by atoms with van der Waals surface area (Å²) in [7, 11) is 1.69. The standard InChI is InChI=1S/C21H31NO2S/c1-20(2,3)15-21(4,5)22-13-16-9-10-18(19(12-16)23-6)24-14-17-8-7-11-25-17/h7-12,22H,13-15H2,1-6H3. The molecule has 2 rings (SSSR count). The van der Waals surface area contributed by atoms with Crippen LogP contribution in [0.4, 0.5) is 0 Å². The van der Waals surface area contributed by atoms with Crippen LogP contribution in [0.2, 0.25) is 0 Å². The maximum Gasteiger partial charge on any atom is 0.161 e. The number of hydrogen-bond acceptors (Lipinski definition) is 4. The van der Waals surface area contributed by atoms with Crippen molar-refractivity contribution in [3.8, 4) is 11.5 Å². The first-order valence-corrected chi connectivity index (χ1v) is 9.64. The smallest absolute Gasteiger partial charge is 0.161 e. The topological polar surface area (TPSA) is 30.5 Å². The van der Waals surface area contributed by atoms with Gasteiger partial charge in [0.05, 0.1) is 7.11 Å². The van der Waals surface area contributed by atoms with Crippen molar-refractivity contribution in [2.75, 3.05) is 7.11 Å². The number of rotatable bonds is 8. The summed E-state index contributed by atoms with van der Waals surface area (Å²) in [5, 5.41) is 5.72. The molecule has 1 aromatic carbocycles. The van der Waals surface area contributed by atoms with Gasteiger partial charge in [0, 0.05) is 17.0 Å². The highest BCUT2D eigenvalue weighted by molar-refractivity contribution is 7.09. The molecular formula is C21H31NO2S. The molecule has 0 aliphatic rings. The molecule has 2 aromatic rings. The highest BCUT2D eigenvalue weighted by Gasteiger charge is 2.24. The number of nitrogens with one attached hydrogen (secondary N) is 1. The van der Waals surface area contributed by atoms with Gasteiger partial charge in [-0.25, -0.2) is 0 Å². The van der Waals surface area contributed by atoms with Crippen LogP contribution in [0.1, 0.15) is 51.5 Å². The molecule has 0 bridgehead atoms. The van der Waals surface area contributed by atoms with Crippen LogP contribution in [-0.4, -0.2) is 12.6 Å². The largest absolute Gasteiger partial charge is 0.493 e. The number of methoxy groups -OCH3 is 1. The van der Waals surface area contributed by atoms with Crippen LogP contribution in [0, 0.1) is 5.41 Å². The molecule has 1 N–H and O–H groups in total. The Balaban J connectivity index is 1.98. The van der Waals surface area contributed by atoms with Crippen LogP contribution in [0.3, 0.4) is 0 Å². The second-order valence-corrected chi connectivity index (χ2v) is 9.36. The zero-order chi connectivity index (χ0) is 18.5. The number of thiophene rings is 1. The monoisotopic (exact) mass is 361 g/mol.